The van der Waals surface area contributed by atoms with Gasteiger partial charge in [0.1, 0.15) is 17.0 Å². The highest BCUT2D eigenvalue weighted by atomic mass is 19.1. The van der Waals surface area contributed by atoms with Gasteiger partial charge in [-0.1, -0.05) is 30.3 Å². The number of hydrogen-bond acceptors (Lipinski definition) is 8. The summed E-state index contributed by atoms with van der Waals surface area (Å²) in [6.07, 6.45) is 7.21. The molecule has 0 atom stereocenters. The maximum atomic E-state index is 14.7. The monoisotopic (exact) mass is 612 g/mol. The van der Waals surface area contributed by atoms with Gasteiger partial charge in [0.15, 0.2) is 11.5 Å². The van der Waals surface area contributed by atoms with Crippen LogP contribution in [0.2, 0.25) is 0 Å². The van der Waals surface area contributed by atoms with Crippen LogP contribution in [0.4, 0.5) is 10.1 Å². The molecule has 7 rings (SSSR count). The van der Waals surface area contributed by atoms with Gasteiger partial charge in [0, 0.05) is 73.3 Å². The van der Waals surface area contributed by atoms with E-state index >= 15 is 0 Å². The molecule has 0 aliphatic rings. The first-order valence-corrected chi connectivity index (χ1v) is 15.1. The number of imidazole rings is 1. The van der Waals surface area contributed by atoms with Gasteiger partial charge in [-0.25, -0.2) is 14.4 Å². The van der Waals surface area contributed by atoms with Crippen molar-refractivity contribution >= 4 is 27.8 Å². The maximum Gasteiger partial charge on any atom is 0.181 e. The van der Waals surface area contributed by atoms with E-state index in [-0.39, 0.29) is 5.82 Å². The van der Waals surface area contributed by atoms with E-state index in [0.717, 1.165) is 40.7 Å². The molecule has 0 aliphatic carbocycles. The summed E-state index contributed by atoms with van der Waals surface area (Å²) in [5.74, 6) is 0.242. The van der Waals surface area contributed by atoms with Crippen LogP contribution in [0.15, 0.2) is 91.5 Å². The van der Waals surface area contributed by atoms with E-state index < -0.39 is 0 Å². The summed E-state index contributed by atoms with van der Waals surface area (Å²) in [5, 5.41) is 15.1. The number of rotatable bonds is 11. The number of pyridine rings is 3. The molecular weight excluding hydrogens is 579 g/mol. The fourth-order valence-electron chi connectivity index (χ4n) is 5.44. The Labute approximate surface area is 265 Å². The largest absolute Gasteiger partial charge is 0.384 e. The molecule has 2 aromatic carbocycles. The molecular formula is C35H33FN10. The second kappa shape index (κ2) is 12.8. The zero-order chi connectivity index (χ0) is 31.5. The second-order valence-electron chi connectivity index (χ2n) is 11.5. The van der Waals surface area contributed by atoms with Crippen LogP contribution in [-0.4, -0.2) is 67.2 Å². The first-order valence-electron chi connectivity index (χ1n) is 15.1. The number of fused-ring (bicyclic) bond motifs is 2. The van der Waals surface area contributed by atoms with Crippen LogP contribution in [-0.2, 0) is 13.1 Å². The first-order chi connectivity index (χ1) is 22.5. The summed E-state index contributed by atoms with van der Waals surface area (Å²) < 4.78 is 14.7. The topological polar surface area (TPSA) is 123 Å². The van der Waals surface area contributed by atoms with Gasteiger partial charge >= 0.3 is 0 Å². The van der Waals surface area contributed by atoms with Crippen LogP contribution in [0.5, 0.6) is 0 Å². The van der Waals surface area contributed by atoms with Crippen molar-refractivity contribution in [3.63, 3.8) is 0 Å². The molecule has 0 spiro atoms. The first kappa shape index (κ1) is 29.2. The van der Waals surface area contributed by atoms with Crippen LogP contribution < -0.4 is 10.6 Å². The van der Waals surface area contributed by atoms with Gasteiger partial charge in [-0.3, -0.25) is 15.1 Å². The molecule has 0 amide bonds. The third-order valence-electron chi connectivity index (χ3n) is 7.74. The van der Waals surface area contributed by atoms with Gasteiger partial charge in [0.2, 0.25) is 0 Å². The molecule has 0 fully saturated rings. The fraction of sp³-hybridized carbons (Fsp3) is 0.171. The summed E-state index contributed by atoms with van der Waals surface area (Å²) in [7, 11) is 4.00. The quantitative estimate of drug-likeness (QED) is 0.140. The average molecular weight is 613 g/mol. The van der Waals surface area contributed by atoms with E-state index in [2.05, 4.69) is 63.9 Å². The van der Waals surface area contributed by atoms with Crippen LogP contribution in [0.3, 0.4) is 0 Å². The Morgan fingerprint density at radius 1 is 0.848 bits per heavy atom. The maximum absolute atomic E-state index is 14.7. The van der Waals surface area contributed by atoms with Crippen molar-refractivity contribution in [3.8, 4) is 33.9 Å². The molecule has 5 aromatic heterocycles. The zero-order valence-electron chi connectivity index (χ0n) is 25.5. The minimum atomic E-state index is -0.344. The highest BCUT2D eigenvalue weighted by Crippen LogP contribution is 2.32. The zero-order valence-corrected chi connectivity index (χ0v) is 25.5. The third kappa shape index (κ3) is 6.32. The molecule has 10 nitrogen and oxygen atoms in total. The number of H-pyrrole nitrogens is 2. The Hall–Kier alpha value is -5.52. The van der Waals surface area contributed by atoms with Crippen molar-refractivity contribution in [2.75, 3.05) is 32.5 Å². The fourth-order valence-corrected chi connectivity index (χ4v) is 5.44. The number of anilines is 1. The Morgan fingerprint density at radius 3 is 2.57 bits per heavy atom. The standard InChI is InChI=1S/C35H33FN10/c1-46(2)11-10-39-28-14-24(13-27(36)16-28)31-33-30(8-9-40-31)42-35(43-33)32-29-15-26(21-41-34(29)45-44-32)25-12-23(19-38-20-25)18-37-17-22-6-4-3-5-7-22/h3-9,12-16,19-21,37,39H,10-11,17-18H2,1-2H3,(H,42,43)(H,41,44,45). The molecule has 0 radical (unpaired) electrons. The molecule has 0 unspecified atom stereocenters. The summed E-state index contributed by atoms with van der Waals surface area (Å²) >= 11 is 0. The Kier molecular flexibility index (Phi) is 8.15. The van der Waals surface area contributed by atoms with Crippen LogP contribution in [0.25, 0.3) is 56.0 Å². The Balaban J connectivity index is 1.17. The Bertz CT molecular complexity index is 2120. The number of nitrogens with one attached hydrogen (secondary N) is 4. The number of halogens is 1. The van der Waals surface area contributed by atoms with Crippen LogP contribution >= 0.6 is 0 Å². The molecule has 0 bridgehead atoms. The molecule has 0 saturated carbocycles. The van der Waals surface area contributed by atoms with Gasteiger partial charge in [-0.15, -0.1) is 0 Å². The van der Waals surface area contributed by atoms with E-state index in [1.165, 1.54) is 17.7 Å². The molecule has 230 valence electrons. The minimum Gasteiger partial charge on any atom is -0.384 e. The molecule has 46 heavy (non-hydrogen) atoms. The van der Waals surface area contributed by atoms with Crippen molar-refractivity contribution in [1.82, 2.24) is 45.3 Å². The normalized spacial score (nSPS) is 11.6. The second-order valence-corrected chi connectivity index (χ2v) is 11.5. The molecule has 0 saturated heterocycles. The predicted molar refractivity (Wildman–Crippen MR) is 179 cm³/mol. The van der Waals surface area contributed by atoms with E-state index in [0.29, 0.717) is 52.7 Å². The lowest BCUT2D eigenvalue weighted by Crippen LogP contribution is -2.20. The lowest BCUT2D eigenvalue weighted by atomic mass is 10.1. The van der Waals surface area contributed by atoms with E-state index in [9.17, 15) is 4.39 Å². The molecule has 0 aliphatic heterocycles. The summed E-state index contributed by atoms with van der Waals surface area (Å²) in [6.45, 7) is 2.98. The van der Waals surface area contributed by atoms with Crippen molar-refractivity contribution < 1.29 is 4.39 Å². The summed E-state index contributed by atoms with van der Waals surface area (Å²) in [4.78, 5) is 24.1. The number of likely N-dealkylation sites (N-methyl/N-ethyl adjacent to an activating group) is 1. The predicted octanol–water partition coefficient (Wildman–Crippen LogP) is 6.03. The third-order valence-corrected chi connectivity index (χ3v) is 7.74. The summed E-state index contributed by atoms with van der Waals surface area (Å²) in [6, 6.07) is 21.2. The number of aromatic amines is 2. The van der Waals surface area contributed by atoms with Crippen molar-refractivity contribution in [2.24, 2.45) is 0 Å². The Morgan fingerprint density at radius 2 is 1.70 bits per heavy atom. The lowest BCUT2D eigenvalue weighted by Gasteiger charge is -2.12. The van der Waals surface area contributed by atoms with E-state index in [1.54, 1.807) is 12.4 Å². The van der Waals surface area contributed by atoms with Crippen molar-refractivity contribution in [1.29, 1.82) is 0 Å². The lowest BCUT2D eigenvalue weighted by molar-refractivity contribution is 0.425. The smallest absolute Gasteiger partial charge is 0.181 e. The van der Waals surface area contributed by atoms with Crippen molar-refractivity contribution in [3.05, 3.63) is 108 Å². The van der Waals surface area contributed by atoms with E-state index in [4.69, 9.17) is 4.98 Å². The van der Waals surface area contributed by atoms with Gasteiger partial charge in [0.05, 0.1) is 16.6 Å². The average Bonchev–Trinajstić information content (AvgIpc) is 3.69. The van der Waals surface area contributed by atoms with Gasteiger partial charge in [-0.05, 0) is 61.6 Å². The van der Waals surface area contributed by atoms with Gasteiger partial charge in [-0.2, -0.15) is 5.10 Å². The van der Waals surface area contributed by atoms with Crippen LogP contribution in [0.1, 0.15) is 11.1 Å². The number of benzene rings is 2. The van der Waals surface area contributed by atoms with Crippen molar-refractivity contribution in [2.45, 2.75) is 13.1 Å². The van der Waals surface area contributed by atoms with E-state index in [1.807, 2.05) is 62.9 Å². The van der Waals surface area contributed by atoms with Crippen LogP contribution in [0, 0.1) is 5.82 Å². The SMILES string of the molecule is CN(C)CCNc1cc(F)cc(-c2nccc3[nH]c(-c4[nH]nc5ncc(-c6cncc(CNCc7ccccc7)c6)cc45)nc23)c1. The summed E-state index contributed by atoms with van der Waals surface area (Å²) in [5.41, 5.74) is 8.78. The van der Waals surface area contributed by atoms with Gasteiger partial charge in [0.25, 0.3) is 0 Å². The van der Waals surface area contributed by atoms with Gasteiger partial charge < -0.3 is 20.5 Å². The molecule has 11 heteroatoms. The minimum absolute atomic E-state index is 0.344. The number of aromatic nitrogens is 7. The number of hydrogen-bond donors (Lipinski definition) is 4. The highest BCUT2D eigenvalue weighted by Gasteiger charge is 2.17. The highest BCUT2D eigenvalue weighted by molar-refractivity contribution is 5.96. The molecule has 4 N–H and O–H groups in total. The number of nitrogens with zero attached hydrogens (tertiary/aromatic N) is 6. The molecule has 5 heterocycles. The molecule has 7 aromatic rings.